The molecule has 2 amide bonds. The maximum atomic E-state index is 12.0. The third kappa shape index (κ3) is 4.09. The number of carbonyl (C=O) groups excluding carboxylic acids is 1. The summed E-state index contributed by atoms with van der Waals surface area (Å²) in [5.74, 6) is 0.229. The molecule has 2 N–H and O–H groups in total. The molecule has 2 heterocycles. The van der Waals surface area contributed by atoms with Crippen molar-refractivity contribution < 1.29 is 9.90 Å². The van der Waals surface area contributed by atoms with E-state index in [1.165, 1.54) is 0 Å². The maximum absolute atomic E-state index is 12.0. The summed E-state index contributed by atoms with van der Waals surface area (Å²) in [6, 6.07) is 10.1. The minimum absolute atomic E-state index is 0.0422. The number of rotatable bonds is 5. The van der Waals surface area contributed by atoms with Gasteiger partial charge in [-0.3, -0.25) is 0 Å². The normalized spacial score (nSPS) is 17.4. The average Bonchev–Trinajstić information content (AvgIpc) is 3.25. The number of benzene rings is 1. The van der Waals surface area contributed by atoms with E-state index in [-0.39, 0.29) is 18.6 Å². The van der Waals surface area contributed by atoms with E-state index >= 15 is 0 Å². The monoisotopic (exact) mass is 331 g/mol. The number of amides is 2. The van der Waals surface area contributed by atoms with Gasteiger partial charge in [-0.05, 0) is 6.42 Å². The van der Waals surface area contributed by atoms with E-state index in [1.54, 1.807) is 16.2 Å². The highest BCUT2D eigenvalue weighted by Crippen LogP contribution is 2.23. The van der Waals surface area contributed by atoms with Crippen LogP contribution in [0.1, 0.15) is 12.1 Å². The van der Waals surface area contributed by atoms with E-state index in [4.69, 9.17) is 5.11 Å². The van der Waals surface area contributed by atoms with Gasteiger partial charge >= 0.3 is 6.03 Å². The molecule has 23 heavy (non-hydrogen) atoms. The molecular formula is C17H21N3O2S. The van der Waals surface area contributed by atoms with Gasteiger partial charge in [-0.1, -0.05) is 30.3 Å². The number of hydrogen-bond acceptors (Lipinski definition) is 4. The second kappa shape index (κ2) is 7.57. The fourth-order valence-corrected chi connectivity index (χ4v) is 3.57. The summed E-state index contributed by atoms with van der Waals surface area (Å²) in [5, 5.41) is 15.1. The zero-order valence-electron chi connectivity index (χ0n) is 12.9. The molecule has 1 aliphatic rings. The smallest absolute Gasteiger partial charge is 0.317 e. The third-order valence-corrected chi connectivity index (χ3v) is 5.00. The number of likely N-dealkylation sites (tertiary alicyclic amines) is 1. The molecule has 3 rings (SSSR count). The highest BCUT2D eigenvalue weighted by atomic mass is 32.1. The number of carbonyl (C=O) groups is 1. The van der Waals surface area contributed by atoms with Crippen molar-refractivity contribution in [2.45, 2.75) is 12.8 Å². The van der Waals surface area contributed by atoms with Crippen molar-refractivity contribution in [3.05, 3.63) is 41.4 Å². The van der Waals surface area contributed by atoms with Gasteiger partial charge in [0.2, 0.25) is 0 Å². The number of thiazole rings is 1. The van der Waals surface area contributed by atoms with Crippen molar-refractivity contribution in [2.75, 3.05) is 26.2 Å². The molecule has 0 saturated carbocycles. The lowest BCUT2D eigenvalue weighted by Crippen LogP contribution is -2.39. The number of aliphatic hydroxyl groups excluding tert-OH is 1. The van der Waals surface area contributed by atoms with Crippen molar-refractivity contribution in [2.24, 2.45) is 5.92 Å². The Bertz CT molecular complexity index is 644. The van der Waals surface area contributed by atoms with Crippen LogP contribution in [-0.4, -0.2) is 47.3 Å². The van der Waals surface area contributed by atoms with E-state index < -0.39 is 0 Å². The summed E-state index contributed by atoms with van der Waals surface area (Å²) < 4.78 is 0. The predicted molar refractivity (Wildman–Crippen MR) is 91.4 cm³/mol. The molecule has 2 aromatic rings. The first kappa shape index (κ1) is 16.0. The van der Waals surface area contributed by atoms with Crippen LogP contribution in [-0.2, 0) is 6.42 Å². The Hall–Kier alpha value is -1.92. The molecule has 6 heteroatoms. The van der Waals surface area contributed by atoms with Crippen molar-refractivity contribution >= 4 is 17.4 Å². The van der Waals surface area contributed by atoms with Crippen molar-refractivity contribution in [1.29, 1.82) is 0 Å². The van der Waals surface area contributed by atoms with Crippen LogP contribution in [0, 0.1) is 5.92 Å². The third-order valence-electron chi connectivity index (χ3n) is 4.06. The molecule has 1 aromatic carbocycles. The Morgan fingerprint density at radius 3 is 2.96 bits per heavy atom. The number of urea groups is 1. The predicted octanol–water partition coefficient (Wildman–Crippen LogP) is 2.38. The first-order valence-corrected chi connectivity index (χ1v) is 8.77. The lowest BCUT2D eigenvalue weighted by molar-refractivity contribution is 0.198. The topological polar surface area (TPSA) is 65.5 Å². The molecule has 0 spiro atoms. The van der Waals surface area contributed by atoms with Gasteiger partial charge in [0.25, 0.3) is 0 Å². The van der Waals surface area contributed by atoms with Crippen LogP contribution in [0.5, 0.6) is 0 Å². The van der Waals surface area contributed by atoms with E-state index in [2.05, 4.69) is 22.4 Å². The van der Waals surface area contributed by atoms with Crippen LogP contribution in [0.4, 0.5) is 4.79 Å². The van der Waals surface area contributed by atoms with Gasteiger partial charge in [0.1, 0.15) is 5.01 Å². The Morgan fingerprint density at radius 2 is 2.22 bits per heavy atom. The molecule has 0 aliphatic carbocycles. The SMILES string of the molecule is O=C(NCCc1csc(-c2ccccc2)n1)N1CCC(CO)C1. The van der Waals surface area contributed by atoms with Gasteiger partial charge < -0.3 is 15.3 Å². The second-order valence-corrected chi connectivity index (χ2v) is 6.63. The Kier molecular flexibility index (Phi) is 5.25. The zero-order chi connectivity index (χ0) is 16.1. The first-order chi connectivity index (χ1) is 11.3. The van der Waals surface area contributed by atoms with Crippen LogP contribution in [0.2, 0.25) is 0 Å². The summed E-state index contributed by atoms with van der Waals surface area (Å²) in [7, 11) is 0. The Balaban J connectivity index is 1.46. The molecule has 1 unspecified atom stereocenters. The second-order valence-electron chi connectivity index (χ2n) is 5.78. The van der Waals surface area contributed by atoms with Gasteiger partial charge in [0, 0.05) is 49.5 Å². The number of nitrogens with zero attached hydrogens (tertiary/aromatic N) is 2. The highest BCUT2D eigenvalue weighted by molar-refractivity contribution is 7.13. The van der Waals surface area contributed by atoms with Crippen LogP contribution < -0.4 is 5.32 Å². The molecular weight excluding hydrogens is 310 g/mol. The summed E-state index contributed by atoms with van der Waals surface area (Å²) >= 11 is 1.63. The molecule has 1 aromatic heterocycles. The van der Waals surface area contributed by atoms with Crippen LogP contribution in [0.25, 0.3) is 10.6 Å². The summed E-state index contributed by atoms with van der Waals surface area (Å²) in [4.78, 5) is 18.4. The number of aromatic nitrogens is 1. The van der Waals surface area contributed by atoms with E-state index in [9.17, 15) is 4.79 Å². The minimum atomic E-state index is -0.0422. The maximum Gasteiger partial charge on any atom is 0.317 e. The molecule has 1 fully saturated rings. The van der Waals surface area contributed by atoms with Crippen molar-refractivity contribution in [3.63, 3.8) is 0 Å². The van der Waals surface area contributed by atoms with Crippen LogP contribution >= 0.6 is 11.3 Å². The molecule has 122 valence electrons. The highest BCUT2D eigenvalue weighted by Gasteiger charge is 2.25. The van der Waals surface area contributed by atoms with E-state index in [0.29, 0.717) is 13.1 Å². The fraction of sp³-hybridized carbons (Fsp3) is 0.412. The fourth-order valence-electron chi connectivity index (χ4n) is 2.71. The van der Waals surface area contributed by atoms with Gasteiger partial charge in [-0.25, -0.2) is 9.78 Å². The molecule has 1 saturated heterocycles. The van der Waals surface area contributed by atoms with Gasteiger partial charge in [-0.15, -0.1) is 11.3 Å². The molecule has 1 atom stereocenters. The molecule has 5 nitrogen and oxygen atoms in total. The Morgan fingerprint density at radius 1 is 1.39 bits per heavy atom. The van der Waals surface area contributed by atoms with Crippen LogP contribution in [0.15, 0.2) is 35.7 Å². The molecule has 0 radical (unpaired) electrons. The largest absolute Gasteiger partial charge is 0.396 e. The van der Waals surface area contributed by atoms with E-state index in [0.717, 1.165) is 35.7 Å². The van der Waals surface area contributed by atoms with E-state index in [1.807, 2.05) is 23.6 Å². The van der Waals surface area contributed by atoms with Gasteiger partial charge in [0.15, 0.2) is 0 Å². The zero-order valence-corrected chi connectivity index (χ0v) is 13.8. The quantitative estimate of drug-likeness (QED) is 0.884. The summed E-state index contributed by atoms with van der Waals surface area (Å²) in [5.41, 5.74) is 2.13. The number of hydrogen-bond donors (Lipinski definition) is 2. The minimum Gasteiger partial charge on any atom is -0.396 e. The summed E-state index contributed by atoms with van der Waals surface area (Å²) in [6.45, 7) is 2.12. The number of nitrogens with one attached hydrogen (secondary N) is 1. The van der Waals surface area contributed by atoms with Gasteiger partial charge in [-0.2, -0.15) is 0 Å². The van der Waals surface area contributed by atoms with Crippen molar-refractivity contribution in [1.82, 2.24) is 15.2 Å². The lowest BCUT2D eigenvalue weighted by Gasteiger charge is -2.16. The lowest BCUT2D eigenvalue weighted by atomic mass is 10.1. The van der Waals surface area contributed by atoms with Gasteiger partial charge in [0.05, 0.1) is 5.69 Å². The van der Waals surface area contributed by atoms with Crippen molar-refractivity contribution in [3.8, 4) is 10.6 Å². The number of aliphatic hydroxyl groups is 1. The average molecular weight is 331 g/mol. The summed E-state index contributed by atoms with van der Waals surface area (Å²) in [6.07, 6.45) is 1.61. The Labute approximate surface area is 140 Å². The first-order valence-electron chi connectivity index (χ1n) is 7.89. The molecule has 0 bridgehead atoms. The van der Waals surface area contributed by atoms with Crippen LogP contribution in [0.3, 0.4) is 0 Å². The standard InChI is InChI=1S/C17H21N3O2S/c21-11-13-7-9-20(10-13)17(22)18-8-6-15-12-23-16(19-15)14-4-2-1-3-5-14/h1-5,12-13,21H,6-11H2,(H,18,22). The molecule has 1 aliphatic heterocycles.